The van der Waals surface area contributed by atoms with Gasteiger partial charge in [0.25, 0.3) is 5.91 Å². The predicted octanol–water partition coefficient (Wildman–Crippen LogP) is -1.21. The zero-order valence-corrected chi connectivity index (χ0v) is 7.61. The summed E-state index contributed by atoms with van der Waals surface area (Å²) in [4.78, 5) is 11.5. The second kappa shape index (κ2) is 3.61. The van der Waals surface area contributed by atoms with Crippen molar-refractivity contribution in [3.8, 4) is 0 Å². The van der Waals surface area contributed by atoms with E-state index in [1.165, 1.54) is 0 Å². The lowest BCUT2D eigenvalue weighted by molar-refractivity contribution is -0.151. The summed E-state index contributed by atoms with van der Waals surface area (Å²) < 4.78 is 5.21. The Morgan fingerprint density at radius 3 is 2.54 bits per heavy atom. The number of carbonyl (C=O) groups is 1. The maximum atomic E-state index is 11.5. The van der Waals surface area contributed by atoms with Crippen LogP contribution in [0.1, 0.15) is 6.42 Å². The molecular weight excluding hydrogens is 170 g/mol. The number of nitrogens with zero attached hydrogens (tertiary/aromatic N) is 2. The lowest BCUT2D eigenvalue weighted by Crippen LogP contribution is -2.51. The average molecular weight is 185 g/mol. The van der Waals surface area contributed by atoms with Crippen molar-refractivity contribution in [1.29, 1.82) is 0 Å². The van der Waals surface area contributed by atoms with Gasteiger partial charge in [-0.25, -0.2) is 5.01 Å². The molecular formula is C8H15N3O2. The highest BCUT2D eigenvalue weighted by Gasteiger charge is 2.33. The van der Waals surface area contributed by atoms with Crippen LogP contribution in [0.2, 0.25) is 0 Å². The van der Waals surface area contributed by atoms with Gasteiger partial charge in [-0.15, -0.1) is 0 Å². The highest BCUT2D eigenvalue weighted by Crippen LogP contribution is 2.13. The van der Waals surface area contributed by atoms with Crippen LogP contribution in [0.25, 0.3) is 0 Å². The van der Waals surface area contributed by atoms with Gasteiger partial charge < -0.3 is 10.5 Å². The second-order valence-corrected chi connectivity index (χ2v) is 3.42. The average Bonchev–Trinajstić information content (AvgIpc) is 2.49. The Morgan fingerprint density at radius 1 is 1.31 bits per heavy atom. The van der Waals surface area contributed by atoms with Crippen LogP contribution in [-0.2, 0) is 9.53 Å². The molecule has 13 heavy (non-hydrogen) atoms. The molecule has 0 bridgehead atoms. The van der Waals surface area contributed by atoms with Crippen molar-refractivity contribution in [2.24, 2.45) is 5.73 Å². The first kappa shape index (κ1) is 8.93. The van der Waals surface area contributed by atoms with E-state index in [1.54, 1.807) is 5.01 Å². The van der Waals surface area contributed by atoms with Crippen molar-refractivity contribution in [2.45, 2.75) is 12.5 Å². The summed E-state index contributed by atoms with van der Waals surface area (Å²) in [5, 5.41) is 3.81. The quantitative estimate of drug-likeness (QED) is 0.557. The van der Waals surface area contributed by atoms with Crippen molar-refractivity contribution in [2.75, 3.05) is 32.8 Å². The van der Waals surface area contributed by atoms with E-state index < -0.39 is 0 Å². The molecule has 0 aromatic carbocycles. The zero-order chi connectivity index (χ0) is 9.26. The summed E-state index contributed by atoms with van der Waals surface area (Å²) in [6.45, 7) is 3.79. The monoisotopic (exact) mass is 185 g/mol. The Kier molecular flexibility index (Phi) is 2.48. The minimum absolute atomic E-state index is 0.0573. The van der Waals surface area contributed by atoms with Crippen molar-refractivity contribution in [3.63, 3.8) is 0 Å². The summed E-state index contributed by atoms with van der Waals surface area (Å²) >= 11 is 0. The van der Waals surface area contributed by atoms with E-state index in [9.17, 15) is 4.79 Å². The SMILES string of the molecule is NC1CCN(N2CCOCC2)C1=O. The topological polar surface area (TPSA) is 58.8 Å². The molecule has 74 valence electrons. The maximum Gasteiger partial charge on any atom is 0.253 e. The van der Waals surface area contributed by atoms with Crippen molar-refractivity contribution < 1.29 is 9.53 Å². The van der Waals surface area contributed by atoms with Crippen molar-refractivity contribution in [3.05, 3.63) is 0 Å². The van der Waals surface area contributed by atoms with Gasteiger partial charge in [0.05, 0.1) is 19.3 Å². The molecule has 1 unspecified atom stereocenters. The molecule has 2 rings (SSSR count). The standard InChI is InChI=1S/C8H15N3O2/c9-7-1-2-11(8(7)12)10-3-5-13-6-4-10/h7H,1-6,9H2. The maximum absolute atomic E-state index is 11.5. The summed E-state index contributed by atoms with van der Waals surface area (Å²) in [6.07, 6.45) is 0.774. The molecule has 2 aliphatic rings. The van der Waals surface area contributed by atoms with Gasteiger partial charge >= 0.3 is 0 Å². The van der Waals surface area contributed by atoms with E-state index >= 15 is 0 Å². The predicted molar refractivity (Wildman–Crippen MR) is 46.7 cm³/mol. The van der Waals surface area contributed by atoms with E-state index in [2.05, 4.69) is 0 Å². The van der Waals surface area contributed by atoms with Gasteiger partial charge in [0.15, 0.2) is 0 Å². The van der Waals surface area contributed by atoms with E-state index in [0.29, 0.717) is 13.2 Å². The normalized spacial score (nSPS) is 31.3. The van der Waals surface area contributed by atoms with Gasteiger partial charge in [-0.1, -0.05) is 0 Å². The Balaban J connectivity index is 1.96. The molecule has 0 aliphatic carbocycles. The number of hydrogen-bond donors (Lipinski definition) is 1. The fraction of sp³-hybridized carbons (Fsp3) is 0.875. The number of amides is 1. The highest BCUT2D eigenvalue weighted by atomic mass is 16.5. The van der Waals surface area contributed by atoms with Crippen molar-refractivity contribution >= 4 is 5.91 Å². The fourth-order valence-electron chi connectivity index (χ4n) is 1.76. The molecule has 2 fully saturated rings. The third kappa shape index (κ3) is 1.67. The fourth-order valence-corrected chi connectivity index (χ4v) is 1.76. The molecule has 1 amide bonds. The van der Waals surface area contributed by atoms with Crippen LogP contribution in [0, 0.1) is 0 Å². The van der Waals surface area contributed by atoms with Gasteiger partial charge in [-0.3, -0.25) is 9.80 Å². The molecule has 5 heteroatoms. The summed E-state index contributed by atoms with van der Waals surface area (Å²) in [5.41, 5.74) is 5.63. The smallest absolute Gasteiger partial charge is 0.253 e. The van der Waals surface area contributed by atoms with Crippen LogP contribution in [0.3, 0.4) is 0 Å². The van der Waals surface area contributed by atoms with E-state index in [1.807, 2.05) is 5.01 Å². The number of hydrazine groups is 1. The van der Waals surface area contributed by atoms with Crippen LogP contribution in [0.5, 0.6) is 0 Å². The molecule has 0 spiro atoms. The number of hydrogen-bond acceptors (Lipinski definition) is 4. The highest BCUT2D eigenvalue weighted by molar-refractivity contribution is 5.83. The van der Waals surface area contributed by atoms with E-state index in [-0.39, 0.29) is 11.9 Å². The zero-order valence-electron chi connectivity index (χ0n) is 7.61. The molecule has 2 N–H and O–H groups in total. The Hall–Kier alpha value is -0.650. The van der Waals surface area contributed by atoms with Gasteiger partial charge in [0.2, 0.25) is 0 Å². The second-order valence-electron chi connectivity index (χ2n) is 3.42. The van der Waals surface area contributed by atoms with Crippen LogP contribution < -0.4 is 5.73 Å². The van der Waals surface area contributed by atoms with Crippen LogP contribution in [0.15, 0.2) is 0 Å². The first-order valence-corrected chi connectivity index (χ1v) is 4.68. The third-order valence-corrected chi connectivity index (χ3v) is 2.55. The summed E-state index contributed by atoms with van der Waals surface area (Å²) in [6, 6.07) is -0.289. The first-order chi connectivity index (χ1) is 6.29. The molecule has 5 nitrogen and oxygen atoms in total. The molecule has 2 heterocycles. The van der Waals surface area contributed by atoms with Crippen LogP contribution in [-0.4, -0.2) is 54.8 Å². The van der Waals surface area contributed by atoms with Gasteiger partial charge in [-0.05, 0) is 6.42 Å². The Labute approximate surface area is 77.4 Å². The number of ether oxygens (including phenoxy) is 1. The minimum Gasteiger partial charge on any atom is -0.379 e. The Morgan fingerprint density at radius 2 is 2.00 bits per heavy atom. The molecule has 0 saturated carbocycles. The number of nitrogens with two attached hydrogens (primary N) is 1. The van der Waals surface area contributed by atoms with Crippen LogP contribution in [0.4, 0.5) is 0 Å². The van der Waals surface area contributed by atoms with Gasteiger partial charge in [0, 0.05) is 19.6 Å². The molecule has 0 aromatic rings. The lowest BCUT2D eigenvalue weighted by Gasteiger charge is -2.34. The molecule has 0 aromatic heterocycles. The lowest BCUT2D eigenvalue weighted by atomic mass is 10.3. The third-order valence-electron chi connectivity index (χ3n) is 2.55. The summed E-state index contributed by atoms with van der Waals surface area (Å²) in [7, 11) is 0. The van der Waals surface area contributed by atoms with Crippen molar-refractivity contribution in [1.82, 2.24) is 10.0 Å². The molecule has 2 saturated heterocycles. The molecule has 0 radical (unpaired) electrons. The molecule has 2 aliphatic heterocycles. The van der Waals surface area contributed by atoms with Crippen LogP contribution >= 0.6 is 0 Å². The first-order valence-electron chi connectivity index (χ1n) is 4.68. The van der Waals surface area contributed by atoms with E-state index in [4.69, 9.17) is 10.5 Å². The summed E-state index contributed by atoms with van der Waals surface area (Å²) in [5.74, 6) is 0.0573. The van der Waals surface area contributed by atoms with E-state index in [0.717, 1.165) is 26.1 Å². The largest absolute Gasteiger partial charge is 0.379 e. The molecule has 1 atom stereocenters. The number of carbonyl (C=O) groups excluding carboxylic acids is 1. The number of rotatable bonds is 1. The Bertz CT molecular complexity index is 204. The van der Waals surface area contributed by atoms with Gasteiger partial charge in [-0.2, -0.15) is 0 Å². The minimum atomic E-state index is -0.289. The number of morpholine rings is 1. The van der Waals surface area contributed by atoms with Gasteiger partial charge in [0.1, 0.15) is 0 Å².